The van der Waals surface area contributed by atoms with Gasteiger partial charge >= 0.3 is 0 Å². The zero-order valence-corrected chi connectivity index (χ0v) is 19.8. The molecule has 0 atom stereocenters. The molecular formula is C24H32N2O4S. The Labute approximate surface area is 185 Å². The van der Waals surface area contributed by atoms with Crippen LogP contribution in [0.15, 0.2) is 41.3 Å². The van der Waals surface area contributed by atoms with Gasteiger partial charge in [0.25, 0.3) is 0 Å². The van der Waals surface area contributed by atoms with Crippen molar-refractivity contribution in [3.8, 4) is 5.75 Å². The van der Waals surface area contributed by atoms with Crippen LogP contribution >= 0.6 is 0 Å². The number of rotatable bonds is 6. The molecule has 6 nitrogen and oxygen atoms in total. The molecule has 0 unspecified atom stereocenters. The Balaban J connectivity index is 1.72. The van der Waals surface area contributed by atoms with Gasteiger partial charge < -0.3 is 10.1 Å². The fourth-order valence-corrected chi connectivity index (χ4v) is 5.52. The summed E-state index contributed by atoms with van der Waals surface area (Å²) in [6, 6.07) is 11.3. The number of nitrogens with one attached hydrogen (secondary N) is 1. The van der Waals surface area contributed by atoms with Gasteiger partial charge in [-0.2, -0.15) is 4.31 Å². The summed E-state index contributed by atoms with van der Waals surface area (Å²) < 4.78 is 33.5. The number of carbonyl (C=O) groups is 1. The number of sulfonamides is 1. The third-order valence-corrected chi connectivity index (χ3v) is 7.87. The zero-order valence-electron chi connectivity index (χ0n) is 18.9. The van der Waals surface area contributed by atoms with Crippen LogP contribution in [0.1, 0.15) is 49.3 Å². The van der Waals surface area contributed by atoms with Gasteiger partial charge in [-0.1, -0.05) is 32.0 Å². The Morgan fingerprint density at radius 2 is 1.77 bits per heavy atom. The van der Waals surface area contributed by atoms with Crippen LogP contribution in [0, 0.1) is 19.8 Å². The highest BCUT2D eigenvalue weighted by molar-refractivity contribution is 7.89. The molecule has 1 N–H and O–H groups in total. The topological polar surface area (TPSA) is 75.7 Å². The molecule has 0 radical (unpaired) electrons. The molecule has 0 saturated carbocycles. The van der Waals surface area contributed by atoms with Crippen molar-refractivity contribution in [2.24, 2.45) is 5.92 Å². The van der Waals surface area contributed by atoms with Gasteiger partial charge in [-0.3, -0.25) is 4.79 Å². The van der Waals surface area contributed by atoms with Gasteiger partial charge in [0, 0.05) is 24.7 Å². The van der Waals surface area contributed by atoms with Crippen molar-refractivity contribution in [3.63, 3.8) is 0 Å². The molecule has 1 aliphatic rings. The first-order valence-corrected chi connectivity index (χ1v) is 12.1. The standard InChI is InChI=1S/C24H32N2O4S/c1-16(2)20-8-9-22(30-5)23(15-20)31(28,29)26-12-10-19(11-13-26)24(27)25-21-14-17(3)6-7-18(21)4/h6-9,14-16,19H,10-13H2,1-5H3,(H,25,27). The molecule has 0 aliphatic carbocycles. The second-order valence-electron chi connectivity index (χ2n) is 8.55. The number of anilines is 1. The van der Waals surface area contributed by atoms with Crippen LogP contribution in [-0.4, -0.2) is 38.8 Å². The second kappa shape index (κ2) is 9.40. The highest BCUT2D eigenvalue weighted by Crippen LogP contribution is 2.32. The molecule has 0 bridgehead atoms. The van der Waals surface area contributed by atoms with E-state index in [9.17, 15) is 13.2 Å². The Hall–Kier alpha value is -2.38. The van der Waals surface area contributed by atoms with Crippen molar-refractivity contribution >= 4 is 21.6 Å². The molecule has 168 valence electrons. The number of aryl methyl sites for hydroxylation is 2. The lowest BCUT2D eigenvalue weighted by Gasteiger charge is -2.31. The van der Waals surface area contributed by atoms with Crippen LogP contribution in [0.2, 0.25) is 0 Å². The van der Waals surface area contributed by atoms with E-state index in [-0.39, 0.29) is 22.6 Å². The Morgan fingerprint density at radius 3 is 2.39 bits per heavy atom. The van der Waals surface area contributed by atoms with E-state index in [1.165, 1.54) is 11.4 Å². The van der Waals surface area contributed by atoms with Gasteiger partial charge in [0.05, 0.1) is 7.11 Å². The first kappa shape index (κ1) is 23.3. The number of piperidine rings is 1. The van der Waals surface area contributed by atoms with Crippen molar-refractivity contribution in [1.82, 2.24) is 4.31 Å². The Bertz CT molecular complexity index is 1060. The number of nitrogens with zero attached hydrogens (tertiary/aromatic N) is 1. The lowest BCUT2D eigenvalue weighted by Crippen LogP contribution is -2.41. The van der Waals surface area contributed by atoms with Gasteiger partial charge in [0.1, 0.15) is 10.6 Å². The SMILES string of the molecule is COc1ccc(C(C)C)cc1S(=O)(=O)N1CCC(C(=O)Nc2cc(C)ccc2C)CC1. The molecule has 1 heterocycles. The summed E-state index contributed by atoms with van der Waals surface area (Å²) >= 11 is 0. The van der Waals surface area contributed by atoms with Crippen LogP contribution in [-0.2, 0) is 14.8 Å². The van der Waals surface area contributed by atoms with E-state index >= 15 is 0 Å². The van der Waals surface area contributed by atoms with Gasteiger partial charge in [0.15, 0.2) is 0 Å². The fourth-order valence-electron chi connectivity index (χ4n) is 3.86. The third-order valence-electron chi connectivity index (χ3n) is 5.95. The third kappa shape index (κ3) is 5.10. The molecular weight excluding hydrogens is 412 g/mol. The molecule has 1 fully saturated rings. The van der Waals surface area contributed by atoms with Crippen molar-refractivity contribution in [2.45, 2.75) is 51.3 Å². The van der Waals surface area contributed by atoms with Gasteiger partial charge in [-0.25, -0.2) is 8.42 Å². The summed E-state index contributed by atoms with van der Waals surface area (Å²) in [5.41, 5.74) is 3.85. The molecule has 2 aromatic rings. The minimum Gasteiger partial charge on any atom is -0.495 e. The maximum absolute atomic E-state index is 13.3. The number of benzene rings is 2. The number of hydrogen-bond acceptors (Lipinski definition) is 4. The first-order chi connectivity index (χ1) is 14.6. The molecule has 1 amide bonds. The fraction of sp³-hybridized carbons (Fsp3) is 0.458. The van der Waals surface area contributed by atoms with Crippen molar-refractivity contribution in [1.29, 1.82) is 0 Å². The number of methoxy groups -OCH3 is 1. The molecule has 1 aliphatic heterocycles. The predicted octanol–water partition coefficient (Wildman–Crippen LogP) is 4.47. The zero-order chi connectivity index (χ0) is 22.8. The number of ether oxygens (including phenoxy) is 1. The van der Waals surface area contributed by atoms with E-state index in [1.807, 2.05) is 52.0 Å². The largest absolute Gasteiger partial charge is 0.495 e. The van der Waals surface area contributed by atoms with E-state index in [1.54, 1.807) is 12.1 Å². The van der Waals surface area contributed by atoms with Crippen LogP contribution in [0.5, 0.6) is 5.75 Å². The monoisotopic (exact) mass is 444 g/mol. The van der Waals surface area contributed by atoms with Crippen LogP contribution in [0.4, 0.5) is 5.69 Å². The Morgan fingerprint density at radius 1 is 1.10 bits per heavy atom. The van der Waals surface area contributed by atoms with E-state index in [0.717, 1.165) is 22.4 Å². The minimum absolute atomic E-state index is 0.0508. The smallest absolute Gasteiger partial charge is 0.246 e. The van der Waals surface area contributed by atoms with Crippen LogP contribution in [0.3, 0.4) is 0 Å². The Kier molecular flexibility index (Phi) is 7.06. The number of carbonyl (C=O) groups excluding carboxylic acids is 1. The summed E-state index contributed by atoms with van der Waals surface area (Å²) in [6.45, 7) is 8.62. The summed E-state index contributed by atoms with van der Waals surface area (Å²) in [5, 5.41) is 3.02. The average Bonchev–Trinajstić information content (AvgIpc) is 2.75. The molecule has 1 saturated heterocycles. The molecule has 0 spiro atoms. The quantitative estimate of drug-likeness (QED) is 0.713. The molecule has 2 aromatic carbocycles. The first-order valence-electron chi connectivity index (χ1n) is 10.7. The number of amides is 1. The predicted molar refractivity (Wildman–Crippen MR) is 123 cm³/mol. The summed E-state index contributed by atoms with van der Waals surface area (Å²) in [7, 11) is -2.23. The highest BCUT2D eigenvalue weighted by atomic mass is 32.2. The molecule has 7 heteroatoms. The normalized spacial score (nSPS) is 15.8. The minimum atomic E-state index is -3.70. The van der Waals surface area contributed by atoms with E-state index in [4.69, 9.17) is 4.74 Å². The lowest BCUT2D eigenvalue weighted by molar-refractivity contribution is -0.120. The van der Waals surface area contributed by atoms with E-state index in [2.05, 4.69) is 5.32 Å². The van der Waals surface area contributed by atoms with Gasteiger partial charge in [0.2, 0.25) is 15.9 Å². The molecule has 3 rings (SSSR count). The molecule has 31 heavy (non-hydrogen) atoms. The van der Waals surface area contributed by atoms with E-state index in [0.29, 0.717) is 31.7 Å². The summed E-state index contributed by atoms with van der Waals surface area (Å²) in [4.78, 5) is 13.0. The van der Waals surface area contributed by atoms with Crippen molar-refractivity contribution < 1.29 is 17.9 Å². The van der Waals surface area contributed by atoms with E-state index < -0.39 is 10.0 Å². The number of hydrogen-bond donors (Lipinski definition) is 1. The second-order valence-corrected chi connectivity index (χ2v) is 10.5. The van der Waals surface area contributed by atoms with Crippen molar-refractivity contribution in [3.05, 3.63) is 53.1 Å². The maximum atomic E-state index is 13.3. The van der Waals surface area contributed by atoms with Gasteiger partial charge in [-0.05, 0) is 67.5 Å². The average molecular weight is 445 g/mol. The lowest BCUT2D eigenvalue weighted by atomic mass is 9.97. The molecule has 0 aromatic heterocycles. The maximum Gasteiger partial charge on any atom is 0.246 e. The van der Waals surface area contributed by atoms with Gasteiger partial charge in [-0.15, -0.1) is 0 Å². The summed E-state index contributed by atoms with van der Waals surface area (Å²) in [5.74, 6) is 0.291. The van der Waals surface area contributed by atoms with Crippen molar-refractivity contribution in [2.75, 3.05) is 25.5 Å². The summed E-state index contributed by atoms with van der Waals surface area (Å²) in [6.07, 6.45) is 0.976. The highest BCUT2D eigenvalue weighted by Gasteiger charge is 2.34. The van der Waals surface area contributed by atoms with Crippen LogP contribution in [0.25, 0.3) is 0 Å². The van der Waals surface area contributed by atoms with Crippen LogP contribution < -0.4 is 10.1 Å².